The summed E-state index contributed by atoms with van der Waals surface area (Å²) in [6, 6.07) is 3.59. The van der Waals surface area contributed by atoms with E-state index in [1.54, 1.807) is 12.3 Å². The van der Waals surface area contributed by atoms with E-state index >= 15 is 0 Å². The molecule has 0 aromatic carbocycles. The minimum Gasteiger partial charge on any atom is -0.329 e. The Balaban J connectivity index is 2.10. The molecule has 2 rings (SSSR count). The second-order valence-corrected chi connectivity index (χ2v) is 4.53. The Bertz CT molecular complexity index is 390. The molecule has 0 unspecified atom stereocenters. The highest BCUT2D eigenvalue weighted by atomic mass is 79.9. The maximum absolute atomic E-state index is 11.8. The normalized spacial score (nSPS) is 17.2. The molecular weight excluding hydrogens is 258 g/mol. The van der Waals surface area contributed by atoms with Gasteiger partial charge in [0.15, 0.2) is 0 Å². The van der Waals surface area contributed by atoms with Gasteiger partial charge in [0, 0.05) is 12.7 Å². The van der Waals surface area contributed by atoms with E-state index in [0.29, 0.717) is 16.8 Å². The van der Waals surface area contributed by atoms with E-state index in [1.165, 1.54) is 0 Å². The van der Waals surface area contributed by atoms with Crippen LogP contribution in [-0.2, 0) is 4.79 Å². The first-order valence-corrected chi connectivity index (χ1v) is 5.59. The lowest BCUT2D eigenvalue weighted by molar-refractivity contribution is -0.120. The quantitative estimate of drug-likeness (QED) is 0.818. The molecule has 1 aliphatic rings. The Morgan fingerprint density at radius 2 is 2.40 bits per heavy atom. The molecule has 0 spiro atoms. The van der Waals surface area contributed by atoms with Crippen LogP contribution in [0.15, 0.2) is 22.9 Å². The van der Waals surface area contributed by atoms with Crippen LogP contribution >= 0.6 is 15.9 Å². The highest BCUT2D eigenvalue weighted by Gasteiger charge is 2.48. The zero-order valence-corrected chi connectivity index (χ0v) is 9.75. The van der Waals surface area contributed by atoms with Crippen molar-refractivity contribution in [2.45, 2.75) is 12.8 Å². The van der Waals surface area contributed by atoms with Gasteiger partial charge in [-0.1, -0.05) is 0 Å². The molecule has 0 aliphatic heterocycles. The monoisotopic (exact) mass is 269 g/mol. The van der Waals surface area contributed by atoms with Crippen LogP contribution in [0.3, 0.4) is 0 Å². The molecule has 15 heavy (non-hydrogen) atoms. The molecular formula is C10H12BrN3O. The van der Waals surface area contributed by atoms with Gasteiger partial charge in [-0.05, 0) is 40.9 Å². The van der Waals surface area contributed by atoms with E-state index in [4.69, 9.17) is 5.73 Å². The standard InChI is InChI=1S/C10H12BrN3O/c11-8-7(2-1-5-13-8)14-9(15)10(6-12)3-4-10/h1-2,5H,3-4,6,12H2,(H,14,15). The van der Waals surface area contributed by atoms with Crippen molar-refractivity contribution in [2.24, 2.45) is 11.1 Å². The molecule has 1 aromatic heterocycles. The fraction of sp³-hybridized carbons (Fsp3) is 0.400. The van der Waals surface area contributed by atoms with Crippen molar-refractivity contribution < 1.29 is 4.79 Å². The Hall–Kier alpha value is -0.940. The summed E-state index contributed by atoms with van der Waals surface area (Å²) in [5, 5.41) is 2.84. The Morgan fingerprint density at radius 3 is 2.93 bits per heavy atom. The number of hydrogen-bond acceptors (Lipinski definition) is 3. The number of rotatable bonds is 3. The van der Waals surface area contributed by atoms with E-state index < -0.39 is 0 Å². The first-order valence-electron chi connectivity index (χ1n) is 4.80. The van der Waals surface area contributed by atoms with Gasteiger partial charge in [0.25, 0.3) is 0 Å². The smallest absolute Gasteiger partial charge is 0.231 e. The van der Waals surface area contributed by atoms with Gasteiger partial charge in [-0.3, -0.25) is 4.79 Å². The maximum atomic E-state index is 11.8. The SMILES string of the molecule is NCC1(C(=O)Nc2cccnc2Br)CC1. The number of hydrogen-bond donors (Lipinski definition) is 2. The van der Waals surface area contributed by atoms with Crippen LogP contribution in [0.25, 0.3) is 0 Å². The number of pyridine rings is 1. The summed E-state index contributed by atoms with van der Waals surface area (Å²) < 4.78 is 0.645. The minimum absolute atomic E-state index is 0.00120. The lowest BCUT2D eigenvalue weighted by Gasteiger charge is -2.13. The number of nitrogens with two attached hydrogens (primary N) is 1. The van der Waals surface area contributed by atoms with E-state index in [1.807, 2.05) is 6.07 Å². The molecule has 1 aliphatic carbocycles. The summed E-state index contributed by atoms with van der Waals surface area (Å²) in [5.74, 6) is -0.00120. The summed E-state index contributed by atoms with van der Waals surface area (Å²) in [6.07, 6.45) is 3.43. The van der Waals surface area contributed by atoms with Gasteiger partial charge in [0.1, 0.15) is 4.60 Å². The van der Waals surface area contributed by atoms with Crippen LogP contribution in [0, 0.1) is 5.41 Å². The first-order chi connectivity index (χ1) is 7.18. The fourth-order valence-corrected chi connectivity index (χ4v) is 1.76. The Labute approximate surface area is 96.4 Å². The Kier molecular flexibility index (Phi) is 2.75. The number of nitrogens with one attached hydrogen (secondary N) is 1. The highest BCUT2D eigenvalue weighted by Crippen LogP contribution is 2.45. The van der Waals surface area contributed by atoms with Gasteiger partial charge in [-0.25, -0.2) is 4.98 Å². The van der Waals surface area contributed by atoms with Crippen LogP contribution < -0.4 is 11.1 Å². The van der Waals surface area contributed by atoms with Crippen LogP contribution in [0.5, 0.6) is 0 Å². The van der Waals surface area contributed by atoms with Crippen LogP contribution in [0.2, 0.25) is 0 Å². The second kappa shape index (κ2) is 3.90. The molecule has 3 N–H and O–H groups in total. The third-order valence-electron chi connectivity index (χ3n) is 2.73. The van der Waals surface area contributed by atoms with E-state index in [-0.39, 0.29) is 11.3 Å². The van der Waals surface area contributed by atoms with E-state index in [9.17, 15) is 4.79 Å². The average Bonchev–Trinajstić information content (AvgIpc) is 3.02. The molecule has 80 valence electrons. The number of nitrogens with zero attached hydrogens (tertiary/aromatic N) is 1. The number of carbonyl (C=O) groups excluding carboxylic acids is 1. The molecule has 5 heteroatoms. The van der Waals surface area contributed by atoms with Gasteiger partial charge in [-0.2, -0.15) is 0 Å². The lowest BCUT2D eigenvalue weighted by atomic mass is 10.1. The van der Waals surface area contributed by atoms with Crippen molar-refractivity contribution >= 4 is 27.5 Å². The summed E-state index contributed by atoms with van der Waals surface area (Å²) in [7, 11) is 0. The largest absolute Gasteiger partial charge is 0.329 e. The molecule has 1 fully saturated rings. The first kappa shape index (κ1) is 10.6. The topological polar surface area (TPSA) is 68.0 Å². The number of carbonyl (C=O) groups is 1. The van der Waals surface area contributed by atoms with Crippen molar-refractivity contribution in [2.75, 3.05) is 11.9 Å². The third-order valence-corrected chi connectivity index (χ3v) is 3.37. The molecule has 1 aromatic rings. The van der Waals surface area contributed by atoms with Gasteiger partial charge < -0.3 is 11.1 Å². The maximum Gasteiger partial charge on any atom is 0.231 e. The van der Waals surface area contributed by atoms with Gasteiger partial charge >= 0.3 is 0 Å². The third kappa shape index (κ3) is 2.03. The Morgan fingerprint density at radius 1 is 1.67 bits per heavy atom. The number of amides is 1. The highest BCUT2D eigenvalue weighted by molar-refractivity contribution is 9.10. The van der Waals surface area contributed by atoms with Crippen molar-refractivity contribution in [3.63, 3.8) is 0 Å². The molecule has 1 amide bonds. The molecule has 1 saturated carbocycles. The summed E-state index contributed by atoms with van der Waals surface area (Å²) >= 11 is 3.28. The predicted molar refractivity (Wildman–Crippen MR) is 61.3 cm³/mol. The van der Waals surface area contributed by atoms with Crippen molar-refractivity contribution in [1.29, 1.82) is 0 Å². The van der Waals surface area contributed by atoms with Crippen LogP contribution in [-0.4, -0.2) is 17.4 Å². The average molecular weight is 270 g/mol. The van der Waals surface area contributed by atoms with E-state index in [0.717, 1.165) is 12.8 Å². The molecule has 0 atom stereocenters. The lowest BCUT2D eigenvalue weighted by Crippen LogP contribution is -2.30. The predicted octanol–water partition coefficient (Wildman–Crippen LogP) is 1.52. The molecule has 0 saturated heterocycles. The molecule has 0 radical (unpaired) electrons. The number of anilines is 1. The van der Waals surface area contributed by atoms with Gasteiger partial charge in [-0.15, -0.1) is 0 Å². The zero-order chi connectivity index (χ0) is 10.9. The van der Waals surface area contributed by atoms with E-state index in [2.05, 4.69) is 26.2 Å². The zero-order valence-electron chi connectivity index (χ0n) is 8.16. The number of aromatic nitrogens is 1. The summed E-state index contributed by atoms with van der Waals surface area (Å²) in [5.41, 5.74) is 5.95. The molecule has 4 nitrogen and oxygen atoms in total. The van der Waals surface area contributed by atoms with Crippen molar-refractivity contribution in [1.82, 2.24) is 4.98 Å². The van der Waals surface area contributed by atoms with Gasteiger partial charge in [0.2, 0.25) is 5.91 Å². The van der Waals surface area contributed by atoms with Crippen LogP contribution in [0.1, 0.15) is 12.8 Å². The fourth-order valence-electron chi connectivity index (χ4n) is 1.41. The van der Waals surface area contributed by atoms with Crippen molar-refractivity contribution in [3.8, 4) is 0 Å². The molecule has 1 heterocycles. The van der Waals surface area contributed by atoms with Crippen LogP contribution in [0.4, 0.5) is 5.69 Å². The molecule has 0 bridgehead atoms. The summed E-state index contributed by atoms with van der Waals surface area (Å²) in [4.78, 5) is 15.9. The summed E-state index contributed by atoms with van der Waals surface area (Å²) in [6.45, 7) is 0.413. The van der Waals surface area contributed by atoms with Crippen molar-refractivity contribution in [3.05, 3.63) is 22.9 Å². The minimum atomic E-state index is -0.324. The second-order valence-electron chi connectivity index (χ2n) is 3.78. The number of halogens is 1. The van der Waals surface area contributed by atoms with Gasteiger partial charge in [0.05, 0.1) is 11.1 Å².